The molecule has 2 fully saturated rings. The zero-order chi connectivity index (χ0) is 24.4. The molecule has 1 aromatic heterocycles. The van der Waals surface area contributed by atoms with Crippen molar-refractivity contribution >= 4 is 46.5 Å². The number of ketones is 1. The van der Waals surface area contributed by atoms with Gasteiger partial charge in [-0.15, -0.1) is 11.3 Å². The average Bonchev–Trinajstić information content (AvgIpc) is 3.46. The van der Waals surface area contributed by atoms with Crippen LogP contribution in [0.4, 0.5) is 4.79 Å². The van der Waals surface area contributed by atoms with Crippen LogP contribution >= 0.6 is 22.9 Å². The highest BCUT2D eigenvalue weighted by Crippen LogP contribution is 2.44. The quantitative estimate of drug-likeness (QED) is 0.367. The highest BCUT2D eigenvalue weighted by Gasteiger charge is 2.49. The van der Waals surface area contributed by atoms with Gasteiger partial charge in [-0.2, -0.15) is 0 Å². The molecule has 0 aliphatic carbocycles. The zero-order valence-corrected chi connectivity index (χ0v) is 20.4. The predicted octanol–water partition coefficient (Wildman–Crippen LogP) is 4.45. The maximum Gasteiger partial charge on any atom is 0.409 e. The standard InChI is InChI=1S/C24H25ClN2O6S/c1-3-33-24(31)26-10-8-15(9-11-26)27-20(18-5-4-12-34-18)19(22(29)23(27)30)21(28)14-6-7-17(32-2)16(25)13-14/h4-7,12-13,15,20,28H,3,8-11H2,1-2H3/b21-19-. The van der Waals surface area contributed by atoms with Crippen LogP contribution in [-0.4, -0.2) is 65.5 Å². The molecule has 0 saturated carbocycles. The Balaban J connectivity index is 1.70. The number of benzene rings is 1. The topological polar surface area (TPSA) is 96.4 Å². The number of nitrogens with zero attached hydrogens (tertiary/aromatic N) is 2. The summed E-state index contributed by atoms with van der Waals surface area (Å²) in [4.78, 5) is 42.4. The van der Waals surface area contributed by atoms with E-state index in [1.54, 1.807) is 28.9 Å². The van der Waals surface area contributed by atoms with Crippen LogP contribution in [-0.2, 0) is 14.3 Å². The fourth-order valence-corrected chi connectivity index (χ4v) is 5.55. The lowest BCUT2D eigenvalue weighted by molar-refractivity contribution is -0.142. The Morgan fingerprint density at radius 3 is 2.56 bits per heavy atom. The Bertz CT molecular complexity index is 1120. The lowest BCUT2D eigenvalue weighted by atomic mass is 9.97. The number of halogens is 1. The number of Topliss-reactive ketones (excluding diaryl/α,β-unsaturated/α-hetero) is 1. The molecule has 2 aromatic rings. The molecule has 2 saturated heterocycles. The van der Waals surface area contributed by atoms with Crippen molar-refractivity contribution in [1.29, 1.82) is 0 Å². The molecule has 10 heteroatoms. The SMILES string of the molecule is CCOC(=O)N1CCC(N2C(=O)C(=O)/C(=C(\O)c3ccc(OC)c(Cl)c3)C2c2cccs2)CC1. The second-order valence-corrected chi connectivity index (χ2v) is 9.37. The van der Waals surface area contributed by atoms with Gasteiger partial charge in [-0.05, 0) is 49.4 Å². The molecule has 1 N–H and O–H groups in total. The number of carbonyl (C=O) groups excluding carboxylic acids is 3. The lowest BCUT2D eigenvalue weighted by Gasteiger charge is -2.38. The summed E-state index contributed by atoms with van der Waals surface area (Å²) in [6, 6.07) is 7.39. The van der Waals surface area contributed by atoms with E-state index >= 15 is 0 Å². The summed E-state index contributed by atoms with van der Waals surface area (Å²) in [6.45, 7) is 2.87. The molecule has 2 amide bonds. The van der Waals surface area contributed by atoms with Crippen molar-refractivity contribution in [3.8, 4) is 5.75 Å². The number of methoxy groups -OCH3 is 1. The first-order valence-corrected chi connectivity index (χ1v) is 12.2. The van der Waals surface area contributed by atoms with Crippen molar-refractivity contribution in [2.24, 2.45) is 0 Å². The van der Waals surface area contributed by atoms with E-state index in [2.05, 4.69) is 0 Å². The van der Waals surface area contributed by atoms with Crippen molar-refractivity contribution in [2.75, 3.05) is 26.8 Å². The number of likely N-dealkylation sites (tertiary alicyclic amines) is 2. The largest absolute Gasteiger partial charge is 0.507 e. The molecule has 1 aromatic carbocycles. The molecule has 2 aliphatic rings. The molecule has 4 rings (SSSR count). The van der Waals surface area contributed by atoms with Crippen molar-refractivity contribution in [3.63, 3.8) is 0 Å². The van der Waals surface area contributed by atoms with Crippen molar-refractivity contribution < 1.29 is 29.0 Å². The summed E-state index contributed by atoms with van der Waals surface area (Å²) in [5.74, 6) is -1.25. The highest BCUT2D eigenvalue weighted by molar-refractivity contribution is 7.10. The fraction of sp³-hybridized carbons (Fsp3) is 0.375. The van der Waals surface area contributed by atoms with Gasteiger partial charge in [-0.1, -0.05) is 17.7 Å². The van der Waals surface area contributed by atoms with Crippen LogP contribution in [0, 0.1) is 0 Å². The van der Waals surface area contributed by atoms with Crippen LogP contribution in [0.5, 0.6) is 5.75 Å². The monoisotopic (exact) mass is 504 g/mol. The maximum atomic E-state index is 13.2. The number of aliphatic hydroxyl groups excluding tert-OH is 1. The smallest absolute Gasteiger partial charge is 0.409 e. The van der Waals surface area contributed by atoms with E-state index in [9.17, 15) is 19.5 Å². The van der Waals surface area contributed by atoms with Crippen LogP contribution in [0.2, 0.25) is 5.02 Å². The molecule has 8 nitrogen and oxygen atoms in total. The molecular formula is C24H25ClN2O6S. The van der Waals surface area contributed by atoms with Crippen molar-refractivity contribution in [1.82, 2.24) is 9.80 Å². The lowest BCUT2D eigenvalue weighted by Crippen LogP contribution is -2.48. The Morgan fingerprint density at radius 2 is 1.97 bits per heavy atom. The van der Waals surface area contributed by atoms with Gasteiger partial charge in [0.05, 0.1) is 30.4 Å². The van der Waals surface area contributed by atoms with Crippen molar-refractivity contribution in [3.05, 3.63) is 56.7 Å². The number of thiophene rings is 1. The van der Waals surface area contributed by atoms with Gasteiger partial charge in [0.15, 0.2) is 0 Å². The second kappa shape index (κ2) is 10.1. The summed E-state index contributed by atoms with van der Waals surface area (Å²) in [5, 5.41) is 13.3. The number of hydrogen-bond acceptors (Lipinski definition) is 7. The van der Waals surface area contributed by atoms with Crippen LogP contribution in [0.15, 0.2) is 41.3 Å². The molecule has 2 aliphatic heterocycles. The highest BCUT2D eigenvalue weighted by atomic mass is 35.5. The molecular weight excluding hydrogens is 480 g/mol. The molecule has 0 radical (unpaired) electrons. The van der Waals surface area contributed by atoms with E-state index in [1.807, 2.05) is 17.5 Å². The number of piperidine rings is 1. The molecule has 180 valence electrons. The third kappa shape index (κ3) is 4.37. The molecule has 34 heavy (non-hydrogen) atoms. The zero-order valence-electron chi connectivity index (χ0n) is 18.8. The van der Waals surface area contributed by atoms with Crippen LogP contribution in [0.1, 0.15) is 36.2 Å². The Kier molecular flexibility index (Phi) is 7.13. The van der Waals surface area contributed by atoms with Gasteiger partial charge < -0.3 is 24.4 Å². The summed E-state index contributed by atoms with van der Waals surface area (Å²) in [7, 11) is 1.48. The van der Waals surface area contributed by atoms with E-state index in [4.69, 9.17) is 21.1 Å². The third-order valence-electron chi connectivity index (χ3n) is 6.10. The Morgan fingerprint density at radius 1 is 1.24 bits per heavy atom. The second-order valence-electron chi connectivity index (χ2n) is 7.99. The summed E-state index contributed by atoms with van der Waals surface area (Å²) in [6.07, 6.45) is 0.624. The van der Waals surface area contributed by atoms with E-state index in [0.29, 0.717) is 43.9 Å². The number of aliphatic hydroxyl groups is 1. The van der Waals surface area contributed by atoms with E-state index in [1.165, 1.54) is 24.5 Å². The van der Waals surface area contributed by atoms with Gasteiger partial charge in [0.25, 0.3) is 11.7 Å². The average molecular weight is 505 g/mol. The minimum Gasteiger partial charge on any atom is -0.507 e. The molecule has 1 unspecified atom stereocenters. The molecule has 0 spiro atoms. The van der Waals surface area contributed by atoms with Gasteiger partial charge in [-0.3, -0.25) is 9.59 Å². The van der Waals surface area contributed by atoms with Crippen LogP contribution in [0.3, 0.4) is 0 Å². The van der Waals surface area contributed by atoms with Crippen LogP contribution in [0.25, 0.3) is 5.76 Å². The van der Waals surface area contributed by atoms with Gasteiger partial charge in [0.1, 0.15) is 11.5 Å². The van der Waals surface area contributed by atoms with Crippen molar-refractivity contribution in [2.45, 2.75) is 31.8 Å². The maximum absolute atomic E-state index is 13.2. The fourth-order valence-electron chi connectivity index (χ4n) is 4.46. The minimum absolute atomic E-state index is 0.0292. The predicted molar refractivity (Wildman–Crippen MR) is 128 cm³/mol. The van der Waals surface area contributed by atoms with E-state index in [0.717, 1.165) is 4.88 Å². The summed E-state index contributed by atoms with van der Waals surface area (Å²) >= 11 is 7.64. The summed E-state index contributed by atoms with van der Waals surface area (Å²) < 4.78 is 10.2. The third-order valence-corrected chi connectivity index (χ3v) is 7.32. The Hall–Kier alpha value is -3.04. The minimum atomic E-state index is -0.740. The number of amides is 2. The molecule has 1 atom stereocenters. The number of rotatable bonds is 5. The number of ether oxygens (including phenoxy) is 2. The number of carbonyl (C=O) groups is 3. The van der Waals surface area contributed by atoms with E-state index < -0.39 is 17.7 Å². The first-order valence-electron chi connectivity index (χ1n) is 11.0. The van der Waals surface area contributed by atoms with Gasteiger partial charge in [0, 0.05) is 29.6 Å². The normalized spacial score (nSPS) is 20.6. The van der Waals surface area contributed by atoms with Crippen LogP contribution < -0.4 is 4.74 Å². The first kappa shape index (κ1) is 24.1. The number of hydrogen-bond donors (Lipinski definition) is 1. The summed E-state index contributed by atoms with van der Waals surface area (Å²) in [5.41, 5.74) is 0.351. The molecule has 0 bridgehead atoms. The molecule has 3 heterocycles. The van der Waals surface area contributed by atoms with Gasteiger partial charge in [0.2, 0.25) is 0 Å². The van der Waals surface area contributed by atoms with Gasteiger partial charge in [-0.25, -0.2) is 4.79 Å². The van der Waals surface area contributed by atoms with Gasteiger partial charge >= 0.3 is 6.09 Å². The van der Waals surface area contributed by atoms with E-state index in [-0.39, 0.29) is 28.5 Å². The Labute approximate surface area is 206 Å². The first-order chi connectivity index (χ1) is 16.4.